The summed E-state index contributed by atoms with van der Waals surface area (Å²) >= 11 is 0. The summed E-state index contributed by atoms with van der Waals surface area (Å²) in [6.45, 7) is 4.16. The van der Waals surface area contributed by atoms with Gasteiger partial charge in [-0.15, -0.1) is 0 Å². The van der Waals surface area contributed by atoms with Crippen LogP contribution in [0.25, 0.3) is 5.82 Å². The van der Waals surface area contributed by atoms with Crippen LogP contribution in [0, 0.1) is 19.8 Å². The molecule has 0 bridgehead atoms. The van der Waals surface area contributed by atoms with Gasteiger partial charge in [0.15, 0.2) is 5.82 Å². The van der Waals surface area contributed by atoms with E-state index < -0.39 is 0 Å². The molecule has 2 heterocycles. The van der Waals surface area contributed by atoms with E-state index in [-0.39, 0.29) is 17.9 Å². The fourth-order valence-corrected chi connectivity index (χ4v) is 4.58. The molecule has 27 heavy (non-hydrogen) atoms. The molecule has 2 aromatic rings. The lowest BCUT2D eigenvalue weighted by molar-refractivity contribution is -0.126. The lowest BCUT2D eigenvalue weighted by atomic mass is 9.88. The zero-order valence-electron chi connectivity index (χ0n) is 16.2. The van der Waals surface area contributed by atoms with E-state index in [4.69, 9.17) is 5.10 Å². The second kappa shape index (κ2) is 7.67. The smallest absolute Gasteiger partial charge is 0.223 e. The quantitative estimate of drug-likeness (QED) is 0.835. The lowest BCUT2D eigenvalue weighted by Gasteiger charge is -2.23. The van der Waals surface area contributed by atoms with E-state index in [1.807, 2.05) is 22.9 Å². The molecule has 1 saturated carbocycles. The largest absolute Gasteiger partial charge is 0.350 e. The molecule has 5 nitrogen and oxygen atoms in total. The Morgan fingerprint density at radius 2 is 1.96 bits per heavy atom. The van der Waals surface area contributed by atoms with Gasteiger partial charge in [0.05, 0.1) is 5.69 Å². The van der Waals surface area contributed by atoms with Crippen LogP contribution in [0.15, 0.2) is 36.5 Å². The Hall–Kier alpha value is -2.43. The van der Waals surface area contributed by atoms with Crippen molar-refractivity contribution in [3.05, 3.63) is 53.5 Å². The van der Waals surface area contributed by atoms with Crippen LogP contribution in [0.3, 0.4) is 0 Å². The fourth-order valence-electron chi connectivity index (χ4n) is 4.58. The van der Waals surface area contributed by atoms with E-state index in [0.29, 0.717) is 5.92 Å². The minimum atomic E-state index is 0.126. The third-order valence-electron chi connectivity index (χ3n) is 5.97. The number of hydrogen-bond acceptors (Lipinski definition) is 3. The van der Waals surface area contributed by atoms with E-state index in [9.17, 15) is 4.79 Å². The number of nitrogens with zero attached hydrogens (tertiary/aromatic N) is 3. The molecule has 2 aliphatic carbocycles. The molecule has 0 saturated heterocycles. The molecule has 1 fully saturated rings. The first kappa shape index (κ1) is 18.0. The Morgan fingerprint density at radius 1 is 1.15 bits per heavy atom. The van der Waals surface area contributed by atoms with E-state index in [0.717, 1.165) is 36.5 Å². The predicted molar refractivity (Wildman–Crippen MR) is 106 cm³/mol. The van der Waals surface area contributed by atoms with Crippen LogP contribution in [0.2, 0.25) is 0 Å². The summed E-state index contributed by atoms with van der Waals surface area (Å²) in [7, 11) is 0. The zero-order valence-corrected chi connectivity index (χ0v) is 16.2. The monoisotopic (exact) mass is 364 g/mol. The number of aryl methyl sites for hydroxylation is 1. The maximum atomic E-state index is 12.6. The summed E-state index contributed by atoms with van der Waals surface area (Å²) in [5.74, 6) is 1.58. The zero-order chi connectivity index (χ0) is 18.8. The summed E-state index contributed by atoms with van der Waals surface area (Å²) in [6.07, 6.45) is 12.8. The average molecular weight is 364 g/mol. The van der Waals surface area contributed by atoms with Gasteiger partial charge in [-0.25, -0.2) is 9.67 Å². The van der Waals surface area contributed by atoms with Crippen molar-refractivity contribution in [3.8, 4) is 5.82 Å². The highest BCUT2D eigenvalue weighted by Gasteiger charge is 2.29. The first-order chi connectivity index (χ1) is 13.1. The fraction of sp³-hybridized carbons (Fsp3) is 0.500. The second-order valence-corrected chi connectivity index (χ2v) is 7.86. The second-order valence-electron chi connectivity index (χ2n) is 7.86. The van der Waals surface area contributed by atoms with Crippen molar-refractivity contribution < 1.29 is 4.79 Å². The van der Waals surface area contributed by atoms with Gasteiger partial charge < -0.3 is 5.32 Å². The van der Waals surface area contributed by atoms with Crippen molar-refractivity contribution in [2.75, 3.05) is 0 Å². The molecule has 0 radical (unpaired) electrons. The average Bonchev–Trinajstić information content (AvgIpc) is 3.26. The number of carbonyl (C=O) groups excluding carboxylic acids is 1. The summed E-state index contributed by atoms with van der Waals surface area (Å²) < 4.78 is 1.92. The number of hydrogen-bond donors (Lipinski definition) is 1. The summed E-state index contributed by atoms with van der Waals surface area (Å²) in [6, 6.07) is 5.99. The number of allylic oxidation sites excluding steroid dienone is 1. The number of pyridine rings is 1. The molecule has 0 aromatic carbocycles. The Kier molecular flexibility index (Phi) is 5.10. The molecule has 4 rings (SSSR count). The minimum absolute atomic E-state index is 0.126. The standard InChI is InChI=1S/C22H28N4O/c1-15-21(16(2)26(25-15)20-10-6-7-13-23-20)18-11-12-19(14-18)24-22(27)17-8-4-3-5-9-17/h6-7,10-13,17-19H,3-5,8-9,14H2,1-2H3,(H,24,27). The van der Waals surface area contributed by atoms with Crippen molar-refractivity contribution in [1.29, 1.82) is 0 Å². The molecule has 0 aliphatic heterocycles. The molecule has 1 N–H and O–H groups in total. The summed E-state index contributed by atoms with van der Waals surface area (Å²) in [5.41, 5.74) is 3.42. The normalized spacial score (nSPS) is 22.9. The Labute approximate surface area is 160 Å². The van der Waals surface area contributed by atoms with E-state index in [2.05, 4.69) is 36.3 Å². The minimum Gasteiger partial charge on any atom is -0.350 e. The van der Waals surface area contributed by atoms with Crippen LogP contribution >= 0.6 is 0 Å². The number of carbonyl (C=O) groups is 1. The van der Waals surface area contributed by atoms with Crippen LogP contribution in [0.1, 0.15) is 61.4 Å². The predicted octanol–water partition coefficient (Wildman–Crippen LogP) is 3.99. The first-order valence-corrected chi connectivity index (χ1v) is 10.1. The van der Waals surface area contributed by atoms with Gasteiger partial charge in [-0.05, 0) is 45.2 Å². The molecule has 142 valence electrons. The number of rotatable bonds is 4. The molecular formula is C22H28N4O. The molecular weight excluding hydrogens is 336 g/mol. The molecule has 2 atom stereocenters. The van der Waals surface area contributed by atoms with Gasteiger partial charge in [-0.2, -0.15) is 5.10 Å². The van der Waals surface area contributed by atoms with Crippen molar-refractivity contribution >= 4 is 5.91 Å². The van der Waals surface area contributed by atoms with Gasteiger partial charge in [0.2, 0.25) is 5.91 Å². The first-order valence-electron chi connectivity index (χ1n) is 10.1. The Bertz CT molecular complexity index is 833. The molecule has 5 heteroatoms. The van der Waals surface area contributed by atoms with E-state index >= 15 is 0 Å². The molecule has 2 aliphatic rings. The van der Waals surface area contributed by atoms with Crippen LogP contribution in [-0.4, -0.2) is 26.7 Å². The van der Waals surface area contributed by atoms with Crippen molar-refractivity contribution in [1.82, 2.24) is 20.1 Å². The molecule has 2 aromatic heterocycles. The summed E-state index contributed by atoms with van der Waals surface area (Å²) in [4.78, 5) is 17.0. The molecule has 1 amide bonds. The maximum Gasteiger partial charge on any atom is 0.223 e. The number of aromatic nitrogens is 3. The van der Waals surface area contributed by atoms with Crippen molar-refractivity contribution in [2.45, 2.75) is 64.3 Å². The van der Waals surface area contributed by atoms with Crippen LogP contribution < -0.4 is 5.32 Å². The van der Waals surface area contributed by atoms with Gasteiger partial charge in [-0.3, -0.25) is 4.79 Å². The molecule has 2 unspecified atom stereocenters. The van der Waals surface area contributed by atoms with E-state index in [1.165, 1.54) is 24.8 Å². The number of amides is 1. The third kappa shape index (κ3) is 3.68. The van der Waals surface area contributed by atoms with Crippen molar-refractivity contribution in [3.63, 3.8) is 0 Å². The highest BCUT2D eigenvalue weighted by molar-refractivity contribution is 5.79. The van der Waals surface area contributed by atoms with Crippen LogP contribution in [0.5, 0.6) is 0 Å². The van der Waals surface area contributed by atoms with Crippen LogP contribution in [0.4, 0.5) is 0 Å². The van der Waals surface area contributed by atoms with Gasteiger partial charge in [0.1, 0.15) is 0 Å². The van der Waals surface area contributed by atoms with Crippen molar-refractivity contribution in [2.24, 2.45) is 5.92 Å². The van der Waals surface area contributed by atoms with Crippen LogP contribution in [-0.2, 0) is 4.79 Å². The van der Waals surface area contributed by atoms with Gasteiger partial charge in [0.25, 0.3) is 0 Å². The number of nitrogens with one attached hydrogen (secondary N) is 1. The third-order valence-corrected chi connectivity index (χ3v) is 5.97. The molecule has 0 spiro atoms. The van der Waals surface area contributed by atoms with E-state index in [1.54, 1.807) is 6.20 Å². The topological polar surface area (TPSA) is 59.8 Å². The highest BCUT2D eigenvalue weighted by atomic mass is 16.1. The maximum absolute atomic E-state index is 12.6. The van der Waals surface area contributed by atoms with Gasteiger partial charge in [-0.1, -0.05) is 37.5 Å². The highest BCUT2D eigenvalue weighted by Crippen LogP contribution is 2.34. The lowest BCUT2D eigenvalue weighted by Crippen LogP contribution is -2.38. The SMILES string of the molecule is Cc1nn(-c2ccccn2)c(C)c1C1C=CC(NC(=O)C2CCCCC2)C1. The van der Waals surface area contributed by atoms with Gasteiger partial charge in [0, 0.05) is 35.3 Å². The summed E-state index contributed by atoms with van der Waals surface area (Å²) in [5, 5.41) is 7.98. The Morgan fingerprint density at radius 3 is 2.70 bits per heavy atom. The Balaban J connectivity index is 1.46. The van der Waals surface area contributed by atoms with Gasteiger partial charge >= 0.3 is 0 Å².